The number of pyridine rings is 1. The van der Waals surface area contributed by atoms with Crippen LogP contribution in [-0.4, -0.2) is 36.4 Å². The standard InChI is InChI=1S/C19H19Cl2N3O2.ClH/c1-26-13-3-4-14-18(23-10-12(25)9-22)8-17(24-19(14)7-13)11-2-5-15(20)16(21)6-11;/h2-8,12,25H,9-10,22H2,1H3,(H,23,24);1H. The molecule has 27 heavy (non-hydrogen) atoms. The van der Waals surface area contributed by atoms with Gasteiger partial charge in [0.15, 0.2) is 0 Å². The third kappa shape index (κ3) is 4.94. The lowest BCUT2D eigenvalue weighted by atomic mass is 10.1. The Kier molecular flexibility index (Phi) is 7.53. The second-order valence-corrected chi connectivity index (χ2v) is 6.65. The Bertz CT molecular complexity index is 937. The van der Waals surface area contributed by atoms with E-state index in [9.17, 15) is 5.11 Å². The fourth-order valence-electron chi connectivity index (χ4n) is 2.60. The minimum Gasteiger partial charge on any atom is -0.497 e. The van der Waals surface area contributed by atoms with Gasteiger partial charge in [0.05, 0.1) is 34.5 Å². The molecule has 1 unspecified atom stereocenters. The van der Waals surface area contributed by atoms with Crippen LogP contribution in [0.3, 0.4) is 0 Å². The number of nitrogens with zero attached hydrogens (tertiary/aromatic N) is 1. The number of fused-ring (bicyclic) bond motifs is 1. The van der Waals surface area contributed by atoms with Crippen molar-refractivity contribution in [1.29, 1.82) is 0 Å². The van der Waals surface area contributed by atoms with Crippen molar-refractivity contribution in [2.24, 2.45) is 5.73 Å². The van der Waals surface area contributed by atoms with E-state index in [1.54, 1.807) is 19.2 Å². The van der Waals surface area contributed by atoms with Gasteiger partial charge in [-0.1, -0.05) is 29.3 Å². The second-order valence-electron chi connectivity index (χ2n) is 5.84. The van der Waals surface area contributed by atoms with Gasteiger partial charge in [0, 0.05) is 35.8 Å². The molecule has 144 valence electrons. The Hall–Kier alpha value is -1.76. The number of aromatic nitrogens is 1. The van der Waals surface area contributed by atoms with Gasteiger partial charge >= 0.3 is 0 Å². The number of hydrogen-bond donors (Lipinski definition) is 3. The molecule has 1 aromatic heterocycles. The molecule has 3 aromatic rings. The molecule has 0 spiro atoms. The van der Waals surface area contributed by atoms with Crippen molar-refractivity contribution in [3.63, 3.8) is 0 Å². The van der Waals surface area contributed by atoms with Crippen LogP contribution in [0.1, 0.15) is 0 Å². The van der Waals surface area contributed by atoms with E-state index in [4.69, 9.17) is 38.7 Å². The molecule has 0 saturated heterocycles. The Morgan fingerprint density at radius 3 is 2.59 bits per heavy atom. The van der Waals surface area contributed by atoms with Crippen LogP contribution < -0.4 is 15.8 Å². The molecular formula is C19H20Cl3N3O2. The van der Waals surface area contributed by atoms with E-state index < -0.39 is 6.10 Å². The number of ether oxygens (including phenoxy) is 1. The Morgan fingerprint density at radius 2 is 1.93 bits per heavy atom. The first kappa shape index (κ1) is 21.5. The lowest BCUT2D eigenvalue weighted by Crippen LogP contribution is -2.27. The average molecular weight is 429 g/mol. The van der Waals surface area contributed by atoms with Gasteiger partial charge in [-0.05, 0) is 30.3 Å². The summed E-state index contributed by atoms with van der Waals surface area (Å²) < 4.78 is 5.30. The maximum Gasteiger partial charge on any atom is 0.121 e. The molecule has 8 heteroatoms. The van der Waals surface area contributed by atoms with E-state index in [2.05, 4.69) is 5.32 Å². The molecular weight excluding hydrogens is 409 g/mol. The quantitative estimate of drug-likeness (QED) is 0.543. The first-order chi connectivity index (χ1) is 12.5. The highest BCUT2D eigenvalue weighted by Gasteiger charge is 2.11. The number of methoxy groups -OCH3 is 1. The molecule has 0 aliphatic carbocycles. The average Bonchev–Trinajstić information content (AvgIpc) is 2.67. The fourth-order valence-corrected chi connectivity index (χ4v) is 2.89. The summed E-state index contributed by atoms with van der Waals surface area (Å²) in [5.41, 5.74) is 8.66. The van der Waals surface area contributed by atoms with Crippen molar-refractivity contribution in [1.82, 2.24) is 4.98 Å². The molecule has 0 aliphatic rings. The third-order valence-corrected chi connectivity index (χ3v) is 4.77. The van der Waals surface area contributed by atoms with Crippen molar-refractivity contribution >= 4 is 52.2 Å². The van der Waals surface area contributed by atoms with Gasteiger partial charge < -0.3 is 20.9 Å². The molecule has 5 nitrogen and oxygen atoms in total. The highest BCUT2D eigenvalue weighted by Crippen LogP contribution is 2.33. The van der Waals surface area contributed by atoms with Crippen LogP contribution in [0.4, 0.5) is 5.69 Å². The Morgan fingerprint density at radius 1 is 1.15 bits per heavy atom. The monoisotopic (exact) mass is 427 g/mol. The van der Waals surface area contributed by atoms with Crippen molar-refractivity contribution in [3.05, 3.63) is 52.5 Å². The topological polar surface area (TPSA) is 80.4 Å². The van der Waals surface area contributed by atoms with Crippen molar-refractivity contribution in [2.45, 2.75) is 6.10 Å². The zero-order chi connectivity index (χ0) is 18.7. The zero-order valence-electron chi connectivity index (χ0n) is 14.6. The molecule has 0 amide bonds. The molecule has 0 aliphatic heterocycles. The number of hydrogen-bond acceptors (Lipinski definition) is 5. The minimum absolute atomic E-state index is 0. The van der Waals surface area contributed by atoms with E-state index in [1.165, 1.54) is 0 Å². The maximum atomic E-state index is 9.77. The Labute approximate surface area is 173 Å². The summed E-state index contributed by atoms with van der Waals surface area (Å²) >= 11 is 12.2. The van der Waals surface area contributed by atoms with Crippen LogP contribution in [0, 0.1) is 0 Å². The Balaban J connectivity index is 0.00000261. The highest BCUT2D eigenvalue weighted by molar-refractivity contribution is 6.42. The molecule has 4 N–H and O–H groups in total. The van der Waals surface area contributed by atoms with Crippen LogP contribution in [-0.2, 0) is 0 Å². The van der Waals surface area contributed by atoms with E-state index in [0.717, 1.165) is 27.8 Å². The minimum atomic E-state index is -0.634. The molecule has 3 rings (SSSR count). The van der Waals surface area contributed by atoms with Crippen LogP contribution in [0.15, 0.2) is 42.5 Å². The molecule has 0 radical (unpaired) electrons. The van der Waals surface area contributed by atoms with Gasteiger partial charge in [0.25, 0.3) is 0 Å². The number of rotatable bonds is 6. The van der Waals surface area contributed by atoms with E-state index in [1.807, 2.05) is 30.3 Å². The summed E-state index contributed by atoms with van der Waals surface area (Å²) in [6, 6.07) is 12.9. The van der Waals surface area contributed by atoms with Gasteiger partial charge in [-0.3, -0.25) is 0 Å². The molecule has 0 bridgehead atoms. The smallest absolute Gasteiger partial charge is 0.121 e. The number of nitrogens with two attached hydrogens (primary N) is 1. The van der Waals surface area contributed by atoms with E-state index in [-0.39, 0.29) is 19.0 Å². The van der Waals surface area contributed by atoms with Crippen LogP contribution in [0.2, 0.25) is 10.0 Å². The number of anilines is 1. The summed E-state index contributed by atoms with van der Waals surface area (Å²) in [4.78, 5) is 4.72. The number of aliphatic hydroxyl groups is 1. The highest BCUT2D eigenvalue weighted by atomic mass is 35.5. The number of aliphatic hydroxyl groups excluding tert-OH is 1. The van der Waals surface area contributed by atoms with E-state index in [0.29, 0.717) is 22.3 Å². The number of halogens is 3. The van der Waals surface area contributed by atoms with Crippen LogP contribution in [0.25, 0.3) is 22.2 Å². The molecule has 0 fully saturated rings. The normalized spacial score (nSPS) is 11.7. The summed E-state index contributed by atoms with van der Waals surface area (Å²) in [5, 5.41) is 14.9. The van der Waals surface area contributed by atoms with E-state index >= 15 is 0 Å². The van der Waals surface area contributed by atoms with Gasteiger partial charge in [0.1, 0.15) is 5.75 Å². The predicted octanol–water partition coefficient (Wildman–Crippen LogP) is 4.37. The molecule has 0 saturated carbocycles. The largest absolute Gasteiger partial charge is 0.497 e. The summed E-state index contributed by atoms with van der Waals surface area (Å²) in [5.74, 6) is 0.712. The summed E-state index contributed by atoms with van der Waals surface area (Å²) in [7, 11) is 1.61. The van der Waals surface area contributed by atoms with Crippen LogP contribution in [0.5, 0.6) is 5.75 Å². The second kappa shape index (κ2) is 9.44. The molecule has 1 heterocycles. The van der Waals surface area contributed by atoms with Crippen molar-refractivity contribution in [2.75, 3.05) is 25.5 Å². The van der Waals surface area contributed by atoms with Gasteiger partial charge in [-0.25, -0.2) is 4.98 Å². The zero-order valence-corrected chi connectivity index (χ0v) is 16.9. The first-order valence-corrected chi connectivity index (χ1v) is 8.83. The third-order valence-electron chi connectivity index (χ3n) is 4.03. The number of benzene rings is 2. The summed E-state index contributed by atoms with van der Waals surface area (Å²) in [6.07, 6.45) is -0.634. The molecule has 2 aromatic carbocycles. The fraction of sp³-hybridized carbons (Fsp3) is 0.211. The first-order valence-electron chi connectivity index (χ1n) is 8.08. The van der Waals surface area contributed by atoms with Crippen molar-refractivity contribution in [3.8, 4) is 17.0 Å². The molecule has 1 atom stereocenters. The predicted molar refractivity (Wildman–Crippen MR) is 115 cm³/mol. The van der Waals surface area contributed by atoms with Gasteiger partial charge in [-0.2, -0.15) is 0 Å². The summed E-state index contributed by atoms with van der Waals surface area (Å²) in [6.45, 7) is 0.520. The maximum absolute atomic E-state index is 9.77. The SMILES string of the molecule is COc1ccc2c(NCC(O)CN)cc(-c3ccc(Cl)c(Cl)c3)nc2c1.Cl. The van der Waals surface area contributed by atoms with Crippen molar-refractivity contribution < 1.29 is 9.84 Å². The van der Waals surface area contributed by atoms with Crippen LogP contribution >= 0.6 is 35.6 Å². The number of nitrogens with one attached hydrogen (secondary N) is 1. The lowest BCUT2D eigenvalue weighted by Gasteiger charge is -2.15. The van der Waals surface area contributed by atoms with Gasteiger partial charge in [-0.15, -0.1) is 12.4 Å². The van der Waals surface area contributed by atoms with Gasteiger partial charge in [0.2, 0.25) is 0 Å². The lowest BCUT2D eigenvalue weighted by molar-refractivity contribution is 0.196.